The van der Waals surface area contributed by atoms with Crippen LogP contribution in [0.3, 0.4) is 0 Å². The Kier molecular flexibility index (Phi) is 3.05. The van der Waals surface area contributed by atoms with Crippen molar-refractivity contribution in [2.75, 3.05) is 6.61 Å². The topological polar surface area (TPSA) is 52.6 Å². The summed E-state index contributed by atoms with van der Waals surface area (Å²) in [4.78, 5) is 23.4. The normalized spacial score (nSPS) is 36.9. The summed E-state index contributed by atoms with van der Waals surface area (Å²) in [6.07, 6.45) is 5.48. The molecule has 0 amide bonds. The Balaban J connectivity index is 2.13. The van der Waals surface area contributed by atoms with Crippen molar-refractivity contribution >= 4 is 11.9 Å². The van der Waals surface area contributed by atoms with Crippen LogP contribution in [0.5, 0.6) is 0 Å². The van der Waals surface area contributed by atoms with E-state index in [1.54, 1.807) is 0 Å². The van der Waals surface area contributed by atoms with E-state index < -0.39 is 0 Å². The van der Waals surface area contributed by atoms with Crippen molar-refractivity contribution < 1.29 is 19.1 Å². The fourth-order valence-corrected chi connectivity index (χ4v) is 4.47. The van der Waals surface area contributed by atoms with Crippen molar-refractivity contribution in [3.8, 4) is 0 Å². The summed E-state index contributed by atoms with van der Waals surface area (Å²) in [7, 11) is 0. The summed E-state index contributed by atoms with van der Waals surface area (Å²) in [6, 6.07) is 0. The van der Waals surface area contributed by atoms with Gasteiger partial charge >= 0.3 is 11.9 Å². The van der Waals surface area contributed by atoms with Gasteiger partial charge in [0.2, 0.25) is 0 Å². The second kappa shape index (κ2) is 4.46. The smallest absolute Gasteiger partial charge is 0.334 e. The average molecular weight is 290 g/mol. The van der Waals surface area contributed by atoms with Crippen LogP contribution in [0.2, 0.25) is 0 Å². The average Bonchev–Trinajstić information content (AvgIpc) is 2.76. The van der Waals surface area contributed by atoms with Gasteiger partial charge in [0.05, 0.1) is 0 Å². The Morgan fingerprint density at radius 1 is 1.38 bits per heavy atom. The van der Waals surface area contributed by atoms with E-state index in [9.17, 15) is 9.59 Å². The van der Waals surface area contributed by atoms with Crippen LogP contribution in [0.25, 0.3) is 0 Å². The Hall–Kier alpha value is -1.58. The molecular weight excluding hydrogens is 268 g/mol. The number of esters is 2. The highest BCUT2D eigenvalue weighted by atomic mass is 16.5. The summed E-state index contributed by atoms with van der Waals surface area (Å²) in [5.41, 5.74) is 1.49. The molecule has 0 saturated heterocycles. The fourth-order valence-electron chi connectivity index (χ4n) is 4.47. The minimum atomic E-state index is -0.357. The molecule has 1 aliphatic heterocycles. The number of fused-ring (bicyclic) bond motifs is 2. The first kappa shape index (κ1) is 14.4. The first-order chi connectivity index (χ1) is 9.76. The van der Waals surface area contributed by atoms with E-state index in [0.717, 1.165) is 24.0 Å². The van der Waals surface area contributed by atoms with Crippen LogP contribution < -0.4 is 0 Å². The van der Waals surface area contributed by atoms with Gasteiger partial charge in [0.15, 0.2) is 0 Å². The van der Waals surface area contributed by atoms with E-state index >= 15 is 0 Å². The quantitative estimate of drug-likeness (QED) is 0.550. The van der Waals surface area contributed by atoms with Gasteiger partial charge in [0.25, 0.3) is 0 Å². The third kappa shape index (κ3) is 1.95. The van der Waals surface area contributed by atoms with E-state index in [1.165, 1.54) is 6.92 Å². The third-order valence-corrected chi connectivity index (χ3v) is 5.50. The molecule has 0 N–H and O–H groups in total. The zero-order chi connectivity index (χ0) is 15.4. The van der Waals surface area contributed by atoms with E-state index in [-0.39, 0.29) is 28.9 Å². The number of cyclic esters (lactones) is 1. The lowest BCUT2D eigenvalue weighted by molar-refractivity contribution is -0.153. The van der Waals surface area contributed by atoms with E-state index in [2.05, 4.69) is 26.8 Å². The molecule has 0 aromatic heterocycles. The zero-order valence-corrected chi connectivity index (χ0v) is 13.1. The molecule has 0 aromatic rings. The maximum Gasteiger partial charge on any atom is 0.334 e. The van der Waals surface area contributed by atoms with Gasteiger partial charge in [-0.15, -0.1) is 0 Å². The predicted molar refractivity (Wildman–Crippen MR) is 77.3 cm³/mol. The minimum Gasteiger partial charge on any atom is -0.458 e. The van der Waals surface area contributed by atoms with Crippen molar-refractivity contribution in [3.05, 3.63) is 23.3 Å². The summed E-state index contributed by atoms with van der Waals surface area (Å²) in [5, 5.41) is 0. The fraction of sp³-hybridized carbons (Fsp3) is 0.647. The first-order valence-corrected chi connectivity index (χ1v) is 7.53. The third-order valence-electron chi connectivity index (χ3n) is 5.50. The lowest BCUT2D eigenvalue weighted by atomic mass is 9.51. The van der Waals surface area contributed by atoms with E-state index in [4.69, 9.17) is 9.47 Å². The molecule has 114 valence electrons. The minimum absolute atomic E-state index is 0.00949. The van der Waals surface area contributed by atoms with Crippen LogP contribution >= 0.6 is 0 Å². The van der Waals surface area contributed by atoms with Crippen LogP contribution in [-0.2, 0) is 19.1 Å². The molecule has 0 spiro atoms. The largest absolute Gasteiger partial charge is 0.458 e. The number of carbonyl (C=O) groups is 2. The predicted octanol–water partition coefficient (Wildman–Crippen LogP) is 2.78. The van der Waals surface area contributed by atoms with Crippen molar-refractivity contribution in [1.82, 2.24) is 0 Å². The molecule has 0 saturated carbocycles. The molecule has 4 heteroatoms. The van der Waals surface area contributed by atoms with Gasteiger partial charge in [-0.3, -0.25) is 4.79 Å². The second-order valence-corrected chi connectivity index (χ2v) is 7.12. The Morgan fingerprint density at radius 3 is 2.76 bits per heavy atom. The molecule has 0 aromatic carbocycles. The highest BCUT2D eigenvalue weighted by molar-refractivity contribution is 5.92. The molecule has 1 heterocycles. The molecule has 0 unspecified atom stereocenters. The van der Waals surface area contributed by atoms with Crippen LogP contribution in [0.4, 0.5) is 0 Å². The molecule has 0 fully saturated rings. The van der Waals surface area contributed by atoms with Gasteiger partial charge in [-0.05, 0) is 35.8 Å². The lowest BCUT2D eigenvalue weighted by Crippen LogP contribution is -2.52. The van der Waals surface area contributed by atoms with Crippen LogP contribution in [0.15, 0.2) is 23.3 Å². The molecule has 2 aliphatic carbocycles. The number of allylic oxidation sites excluding steroid dienone is 1. The number of hydrogen-bond acceptors (Lipinski definition) is 4. The number of carbonyl (C=O) groups excluding carboxylic acids is 2. The first-order valence-electron chi connectivity index (χ1n) is 7.53. The maximum atomic E-state index is 11.9. The van der Waals surface area contributed by atoms with Crippen molar-refractivity contribution in [3.63, 3.8) is 0 Å². The van der Waals surface area contributed by atoms with Crippen LogP contribution in [0.1, 0.15) is 40.5 Å². The molecule has 3 atom stereocenters. The number of hydrogen-bond donors (Lipinski definition) is 0. The Labute approximate surface area is 125 Å². The monoisotopic (exact) mass is 290 g/mol. The van der Waals surface area contributed by atoms with Gasteiger partial charge in [0, 0.05) is 17.9 Å². The summed E-state index contributed by atoms with van der Waals surface area (Å²) >= 11 is 0. The van der Waals surface area contributed by atoms with Gasteiger partial charge in [-0.2, -0.15) is 0 Å². The molecule has 21 heavy (non-hydrogen) atoms. The molecule has 4 nitrogen and oxygen atoms in total. The van der Waals surface area contributed by atoms with E-state index in [0.29, 0.717) is 12.5 Å². The van der Waals surface area contributed by atoms with Crippen LogP contribution in [0, 0.1) is 16.7 Å². The highest BCUT2D eigenvalue weighted by Gasteiger charge is 2.57. The van der Waals surface area contributed by atoms with Gasteiger partial charge in [0.1, 0.15) is 12.7 Å². The van der Waals surface area contributed by atoms with Crippen molar-refractivity contribution in [2.24, 2.45) is 16.7 Å². The Morgan fingerprint density at radius 2 is 2.10 bits per heavy atom. The summed E-state index contributed by atoms with van der Waals surface area (Å²) < 4.78 is 10.8. The summed E-state index contributed by atoms with van der Waals surface area (Å²) in [5.74, 6) is -0.159. The van der Waals surface area contributed by atoms with Gasteiger partial charge in [-0.1, -0.05) is 26.8 Å². The maximum absolute atomic E-state index is 11.9. The number of ether oxygens (including phenoxy) is 2. The van der Waals surface area contributed by atoms with Gasteiger partial charge in [-0.25, -0.2) is 4.79 Å². The standard InChI is InChI=1S/C17H22O4/c1-10(18)21-14-7-8-16(2,3)13-6-5-11-12(17(13,14)4)9-20-15(11)19/h7-8,13-14H,5-6,9H2,1-4H3/t13-,14-,17+/m0/s1. The number of rotatable bonds is 1. The molecule has 3 aliphatic rings. The van der Waals surface area contributed by atoms with Gasteiger partial charge < -0.3 is 9.47 Å². The Bertz CT molecular complexity index is 569. The lowest BCUT2D eigenvalue weighted by Gasteiger charge is -2.53. The summed E-state index contributed by atoms with van der Waals surface area (Å²) in [6.45, 7) is 8.30. The van der Waals surface area contributed by atoms with Crippen molar-refractivity contribution in [2.45, 2.75) is 46.6 Å². The SMILES string of the molecule is CC(=O)O[C@H]1C=CC(C)(C)[C@@H]2CCC3=C(COC3=O)[C@@]12C. The van der Waals surface area contributed by atoms with E-state index in [1.807, 2.05) is 6.08 Å². The molecule has 0 radical (unpaired) electrons. The second-order valence-electron chi connectivity index (χ2n) is 7.12. The molecule has 3 rings (SSSR count). The molecule has 0 bridgehead atoms. The van der Waals surface area contributed by atoms with Crippen molar-refractivity contribution in [1.29, 1.82) is 0 Å². The zero-order valence-electron chi connectivity index (χ0n) is 13.1. The molecular formula is C17H22O4. The van der Waals surface area contributed by atoms with Crippen LogP contribution in [-0.4, -0.2) is 24.6 Å². The highest BCUT2D eigenvalue weighted by Crippen LogP contribution is 2.59.